The Kier molecular flexibility index (Phi) is 24.3. The summed E-state index contributed by atoms with van der Waals surface area (Å²) < 4.78 is 21.1. The van der Waals surface area contributed by atoms with Gasteiger partial charge in [-0.25, -0.2) is 9.59 Å². The molecule has 0 N–H and O–H groups in total. The number of hydrogen-bond acceptors (Lipinski definition) is 14. The summed E-state index contributed by atoms with van der Waals surface area (Å²) in [6, 6.07) is 10.4. The predicted molar refractivity (Wildman–Crippen MR) is 224 cm³/mol. The molecule has 0 saturated heterocycles. The minimum atomic E-state index is -0.622. The summed E-state index contributed by atoms with van der Waals surface area (Å²) in [5.74, 6) is 0.355. The summed E-state index contributed by atoms with van der Waals surface area (Å²) in [4.78, 5) is 74.5. The van der Waals surface area contributed by atoms with E-state index in [1.165, 1.54) is 48.5 Å². The predicted octanol–water partition coefficient (Wildman–Crippen LogP) is 10.0. The monoisotopic (exact) mass is 846 g/mol. The largest absolute Gasteiger partial charge is 0.418 e. The summed E-state index contributed by atoms with van der Waals surface area (Å²) in [6.07, 6.45) is 12.3. The number of methoxy groups -OCH3 is 2. The fourth-order valence-corrected chi connectivity index (χ4v) is 7.18. The first kappa shape index (κ1) is 49.4. The molecule has 2 rings (SSSR count). The van der Waals surface area contributed by atoms with Gasteiger partial charge >= 0.3 is 10.6 Å². The highest BCUT2D eigenvalue weighted by atomic mass is 32.2. The van der Waals surface area contributed by atoms with E-state index < -0.39 is 20.4 Å². The van der Waals surface area contributed by atoms with E-state index in [4.69, 9.17) is 18.9 Å². The lowest BCUT2D eigenvalue weighted by Gasteiger charge is -2.21. The molecule has 0 heterocycles. The van der Waals surface area contributed by atoms with Crippen LogP contribution in [-0.2, 0) is 19.1 Å². The summed E-state index contributed by atoms with van der Waals surface area (Å²) >= 11 is 1.72. The number of rotatable bonds is 29. The first-order valence-corrected chi connectivity index (χ1v) is 20.7. The first-order chi connectivity index (χ1) is 27.9. The van der Waals surface area contributed by atoms with Crippen LogP contribution < -0.4 is 9.47 Å². The van der Waals surface area contributed by atoms with Gasteiger partial charge in [0.1, 0.15) is 11.5 Å². The molecule has 0 bridgehead atoms. The lowest BCUT2D eigenvalue weighted by Crippen LogP contribution is -2.22. The second-order valence-corrected chi connectivity index (χ2v) is 15.1. The number of nitro benzene ring substituents is 2. The van der Waals surface area contributed by atoms with Gasteiger partial charge in [-0.1, -0.05) is 51.4 Å². The molecule has 18 heteroatoms. The lowest BCUT2D eigenvalue weighted by atomic mass is 10.1. The highest BCUT2D eigenvalue weighted by Crippen LogP contribution is 2.30. The van der Waals surface area contributed by atoms with E-state index in [9.17, 15) is 39.4 Å². The van der Waals surface area contributed by atoms with E-state index in [2.05, 4.69) is 0 Å². The topological polar surface area (TPSA) is 198 Å². The van der Waals surface area contributed by atoms with Crippen LogP contribution in [0.4, 0.5) is 21.0 Å². The van der Waals surface area contributed by atoms with Crippen LogP contribution in [0.1, 0.15) is 90.9 Å². The molecular formula is C40H54N4O12S2. The molecule has 318 valence electrons. The summed E-state index contributed by atoms with van der Waals surface area (Å²) in [7, 11) is 3.10. The van der Waals surface area contributed by atoms with Crippen LogP contribution in [-0.4, -0.2) is 83.6 Å². The van der Waals surface area contributed by atoms with Gasteiger partial charge in [0.25, 0.3) is 11.4 Å². The maximum Gasteiger partial charge on any atom is 0.377 e. The second-order valence-electron chi connectivity index (χ2n) is 13.0. The molecule has 0 saturated carbocycles. The number of non-ortho nitro benzene ring substituents is 2. The molecule has 0 atom stereocenters. The third-order valence-electron chi connectivity index (χ3n) is 8.95. The molecule has 0 unspecified atom stereocenters. The number of nitro groups is 2. The third-order valence-corrected chi connectivity index (χ3v) is 10.9. The van der Waals surface area contributed by atoms with Gasteiger partial charge in [-0.3, -0.25) is 29.8 Å². The minimum absolute atomic E-state index is 0.113. The Morgan fingerprint density at radius 1 is 0.586 bits per heavy atom. The molecule has 2 aromatic carbocycles. The van der Waals surface area contributed by atoms with E-state index in [1.807, 2.05) is 0 Å². The number of amides is 2. The van der Waals surface area contributed by atoms with Gasteiger partial charge in [-0.05, 0) is 74.5 Å². The number of carbonyl (C=O) groups is 4. The number of nitrogens with zero attached hydrogens (tertiary/aromatic N) is 4. The second kappa shape index (κ2) is 28.6. The zero-order valence-electron chi connectivity index (χ0n) is 33.6. The van der Waals surface area contributed by atoms with Gasteiger partial charge in [0, 0.05) is 85.6 Å². The SMILES string of the molecule is COCC/C(SC(=O)Oc1ccc([N+](=O)[O-])cc1)=C(\C)N(C=O)CCCCCCCCCCCCN(C=O)/C(C)=C(/CCOC)SC(=O)Oc1ccc([N+](=O)[O-])cc1. The van der Waals surface area contributed by atoms with Crippen molar-refractivity contribution in [1.82, 2.24) is 9.80 Å². The number of benzene rings is 2. The van der Waals surface area contributed by atoms with Crippen LogP contribution in [0.5, 0.6) is 11.5 Å². The fourth-order valence-electron chi connectivity index (χ4n) is 5.61. The van der Waals surface area contributed by atoms with Crippen molar-refractivity contribution in [3.05, 3.63) is 90.0 Å². The van der Waals surface area contributed by atoms with Crippen LogP contribution in [0.3, 0.4) is 0 Å². The molecule has 58 heavy (non-hydrogen) atoms. The smallest absolute Gasteiger partial charge is 0.377 e. The molecule has 0 spiro atoms. The number of hydrogen-bond donors (Lipinski definition) is 0. The van der Waals surface area contributed by atoms with Crippen molar-refractivity contribution in [3.63, 3.8) is 0 Å². The molecule has 0 aliphatic rings. The van der Waals surface area contributed by atoms with Crippen LogP contribution >= 0.6 is 23.5 Å². The van der Waals surface area contributed by atoms with Gasteiger partial charge in [-0.2, -0.15) is 0 Å². The highest BCUT2D eigenvalue weighted by Gasteiger charge is 2.19. The summed E-state index contributed by atoms with van der Waals surface area (Å²) in [6.45, 7) is 5.27. The van der Waals surface area contributed by atoms with Crippen LogP contribution in [0.25, 0.3) is 0 Å². The molecule has 0 aromatic heterocycles. The quantitative estimate of drug-likeness (QED) is 0.0246. The van der Waals surface area contributed by atoms with Crippen molar-refractivity contribution in [1.29, 1.82) is 0 Å². The Hall–Kier alpha value is -4.78. The van der Waals surface area contributed by atoms with Gasteiger partial charge in [0.2, 0.25) is 12.8 Å². The normalized spacial score (nSPS) is 11.9. The van der Waals surface area contributed by atoms with Crippen molar-refractivity contribution < 1.29 is 48.0 Å². The number of carbonyl (C=O) groups excluding carboxylic acids is 4. The third kappa shape index (κ3) is 19.1. The molecule has 0 fully saturated rings. The van der Waals surface area contributed by atoms with Crippen molar-refractivity contribution in [2.45, 2.75) is 90.9 Å². The maximum atomic E-state index is 12.7. The first-order valence-electron chi connectivity index (χ1n) is 19.0. The van der Waals surface area contributed by atoms with Gasteiger partial charge in [-0.15, -0.1) is 0 Å². The molecule has 0 radical (unpaired) electrons. The molecule has 16 nitrogen and oxygen atoms in total. The van der Waals surface area contributed by atoms with Crippen LogP contribution in [0, 0.1) is 20.2 Å². The summed E-state index contributed by atoms with van der Waals surface area (Å²) in [5.41, 5.74) is 1.07. The molecule has 2 amide bonds. The Morgan fingerprint density at radius 2 is 0.897 bits per heavy atom. The Morgan fingerprint density at radius 3 is 1.17 bits per heavy atom. The van der Waals surface area contributed by atoms with Crippen molar-refractivity contribution in [3.8, 4) is 11.5 Å². The van der Waals surface area contributed by atoms with Gasteiger partial charge in [0.15, 0.2) is 0 Å². The van der Waals surface area contributed by atoms with Crippen LogP contribution in [0.2, 0.25) is 0 Å². The van der Waals surface area contributed by atoms with Crippen molar-refractivity contribution in [2.75, 3.05) is 40.5 Å². The Bertz CT molecular complexity index is 1560. The zero-order chi connectivity index (χ0) is 42.7. The van der Waals surface area contributed by atoms with E-state index in [-0.39, 0.29) is 22.9 Å². The van der Waals surface area contributed by atoms with Gasteiger partial charge < -0.3 is 28.7 Å². The number of allylic oxidation sites excluding steroid dienone is 2. The number of unbranched alkanes of at least 4 members (excludes halogenated alkanes) is 9. The lowest BCUT2D eigenvalue weighted by molar-refractivity contribution is -0.385. The van der Waals surface area contributed by atoms with E-state index in [0.29, 0.717) is 60.3 Å². The molecule has 0 aliphatic heterocycles. The van der Waals surface area contributed by atoms with Crippen molar-refractivity contribution >= 4 is 58.3 Å². The van der Waals surface area contributed by atoms with E-state index in [1.54, 1.807) is 37.9 Å². The van der Waals surface area contributed by atoms with E-state index in [0.717, 1.165) is 101 Å². The number of ether oxygens (including phenoxy) is 4. The average Bonchev–Trinajstić information content (AvgIpc) is 3.21. The minimum Gasteiger partial charge on any atom is -0.418 e. The Labute approximate surface area is 347 Å². The average molecular weight is 847 g/mol. The molecular weight excluding hydrogens is 793 g/mol. The van der Waals surface area contributed by atoms with E-state index >= 15 is 0 Å². The summed E-state index contributed by atoms with van der Waals surface area (Å²) in [5, 5.41) is 20.5. The van der Waals surface area contributed by atoms with Gasteiger partial charge in [0.05, 0.1) is 23.1 Å². The fraction of sp³-hybridized carbons (Fsp3) is 0.500. The highest BCUT2D eigenvalue weighted by molar-refractivity contribution is 8.16. The number of thioether (sulfide) groups is 2. The Balaban J connectivity index is 1.71. The molecule has 2 aromatic rings. The zero-order valence-corrected chi connectivity index (χ0v) is 35.2. The molecule has 0 aliphatic carbocycles. The van der Waals surface area contributed by atoms with Crippen LogP contribution in [0.15, 0.2) is 69.7 Å². The standard InChI is InChI=1S/C40H54N4O12S2/c1-31(37(23-27-53-3)57-39(47)55-35-19-15-33(16-20-35)43(49)50)41(29-45)25-13-11-9-7-5-6-8-10-12-14-26-42(30-46)32(2)38(24-28-54-4)58-40(48)56-36-21-17-34(18-22-36)44(51)52/h15-22,29-30H,5-14,23-28H2,1-4H3/b37-31-,38-32-. The maximum absolute atomic E-state index is 12.7. The van der Waals surface area contributed by atoms with Crippen molar-refractivity contribution in [2.24, 2.45) is 0 Å².